The van der Waals surface area contributed by atoms with Crippen LogP contribution in [0.15, 0.2) is 48.5 Å². The number of imide groups is 1. The largest absolute Gasteiger partial charge is 0.350 e. The second-order valence-electron chi connectivity index (χ2n) is 9.51. The fourth-order valence-corrected chi connectivity index (χ4v) is 5.52. The minimum Gasteiger partial charge on any atom is -0.350 e. The molecule has 2 N–H and O–H groups in total. The van der Waals surface area contributed by atoms with Gasteiger partial charge in [-0.1, -0.05) is 62.6 Å². The summed E-state index contributed by atoms with van der Waals surface area (Å²) in [6.45, 7) is 2.16. The monoisotopic (exact) mass is 449 g/mol. The lowest BCUT2D eigenvalue weighted by atomic mass is 9.73. The van der Waals surface area contributed by atoms with Crippen molar-refractivity contribution in [2.24, 2.45) is 11.8 Å². The summed E-state index contributed by atoms with van der Waals surface area (Å²) >= 11 is 0. The van der Waals surface area contributed by atoms with Crippen molar-refractivity contribution in [1.82, 2.24) is 15.5 Å². The van der Waals surface area contributed by atoms with E-state index in [2.05, 4.69) is 10.6 Å². The third-order valence-corrected chi connectivity index (χ3v) is 7.69. The molecular weight excluding hydrogens is 421 g/mol. The van der Waals surface area contributed by atoms with Gasteiger partial charge in [-0.15, -0.1) is 0 Å². The second kappa shape index (κ2) is 8.28. The number of nitrogens with zero attached hydrogens (tertiary/aromatic N) is 1. The quantitative estimate of drug-likeness (QED) is 0.661. The van der Waals surface area contributed by atoms with Crippen molar-refractivity contribution in [1.29, 1.82) is 0 Å². The molecule has 2 fully saturated rings. The Bertz CT molecular complexity index is 1100. The lowest BCUT2D eigenvalue weighted by Gasteiger charge is -2.38. The van der Waals surface area contributed by atoms with Gasteiger partial charge in [0.15, 0.2) is 0 Å². The van der Waals surface area contributed by atoms with Crippen molar-refractivity contribution >= 4 is 17.8 Å². The fourth-order valence-electron chi connectivity index (χ4n) is 5.52. The molecule has 1 saturated heterocycles. The highest BCUT2D eigenvalue weighted by atomic mass is 19.1. The van der Waals surface area contributed by atoms with E-state index < -0.39 is 17.6 Å². The third-order valence-electron chi connectivity index (χ3n) is 7.69. The molecule has 2 aliphatic carbocycles. The van der Waals surface area contributed by atoms with E-state index in [9.17, 15) is 18.8 Å². The molecule has 6 nitrogen and oxygen atoms in total. The Kier molecular flexibility index (Phi) is 5.43. The van der Waals surface area contributed by atoms with Gasteiger partial charge in [0.2, 0.25) is 5.91 Å². The maximum atomic E-state index is 13.8. The molecule has 3 atom stereocenters. The Balaban J connectivity index is 1.43. The molecule has 4 amide bonds. The average Bonchev–Trinajstić information content (AvgIpc) is 3.25. The van der Waals surface area contributed by atoms with Crippen LogP contribution in [-0.4, -0.2) is 28.8 Å². The van der Waals surface area contributed by atoms with E-state index in [0.717, 1.165) is 36.0 Å². The molecule has 0 radical (unpaired) electrons. The second-order valence-corrected chi connectivity index (χ2v) is 9.51. The van der Waals surface area contributed by atoms with E-state index in [-0.39, 0.29) is 30.1 Å². The number of benzene rings is 2. The van der Waals surface area contributed by atoms with E-state index in [1.807, 2.05) is 31.2 Å². The van der Waals surface area contributed by atoms with Crippen LogP contribution in [0.1, 0.15) is 49.3 Å². The first-order chi connectivity index (χ1) is 15.9. The number of fused-ring (bicyclic) bond motifs is 2. The molecule has 7 heteroatoms. The smallest absolute Gasteiger partial charge is 0.326 e. The van der Waals surface area contributed by atoms with Gasteiger partial charge in [0.25, 0.3) is 5.91 Å². The van der Waals surface area contributed by atoms with E-state index >= 15 is 0 Å². The summed E-state index contributed by atoms with van der Waals surface area (Å²) in [5.74, 6) is -0.910. The Morgan fingerprint density at radius 2 is 1.91 bits per heavy atom. The van der Waals surface area contributed by atoms with Crippen LogP contribution in [-0.2, 0) is 28.1 Å². The Morgan fingerprint density at radius 3 is 2.61 bits per heavy atom. The van der Waals surface area contributed by atoms with Gasteiger partial charge in [-0.25, -0.2) is 14.1 Å². The molecule has 1 unspecified atom stereocenters. The lowest BCUT2D eigenvalue weighted by Crippen LogP contribution is -2.55. The van der Waals surface area contributed by atoms with Crippen LogP contribution in [0.5, 0.6) is 0 Å². The van der Waals surface area contributed by atoms with E-state index in [4.69, 9.17) is 0 Å². The molecule has 3 aliphatic rings. The molecule has 5 rings (SSSR count). The van der Waals surface area contributed by atoms with E-state index in [1.165, 1.54) is 17.0 Å². The van der Waals surface area contributed by atoms with Crippen molar-refractivity contribution in [2.75, 3.05) is 0 Å². The molecule has 1 spiro atoms. The number of hydrogen-bond acceptors (Lipinski definition) is 3. The van der Waals surface area contributed by atoms with Crippen LogP contribution in [0.4, 0.5) is 9.18 Å². The standard InChI is InChI=1S/C26H28FN3O3/c1-16(18-6-4-7-18)22(23(31)28-15-17-9-11-20(27)12-10-17)30-24(32)26(29-25(30)33)14-13-19-5-2-3-8-21(19)26/h2-3,5,8-12,16,18,22H,4,6-7,13-15H2,1H3,(H,28,31)(H,29,33)/t16-,22?,26-/m0/s1. The van der Waals surface area contributed by atoms with Crippen molar-refractivity contribution in [3.05, 3.63) is 71.0 Å². The first-order valence-corrected chi connectivity index (χ1v) is 11.7. The van der Waals surface area contributed by atoms with Gasteiger partial charge in [0.1, 0.15) is 17.4 Å². The summed E-state index contributed by atoms with van der Waals surface area (Å²) in [4.78, 5) is 41.6. The van der Waals surface area contributed by atoms with Crippen LogP contribution in [0.3, 0.4) is 0 Å². The SMILES string of the molecule is C[C@@H](C1CCC1)C(C(=O)NCc1ccc(F)cc1)N1C(=O)N[C@]2(CCc3ccccc32)C1=O. The number of carbonyl (C=O) groups excluding carboxylic acids is 3. The topological polar surface area (TPSA) is 78.5 Å². The number of halogens is 1. The highest BCUT2D eigenvalue weighted by Crippen LogP contribution is 2.44. The summed E-state index contributed by atoms with van der Waals surface area (Å²) in [7, 11) is 0. The Morgan fingerprint density at radius 1 is 1.18 bits per heavy atom. The number of amides is 4. The van der Waals surface area contributed by atoms with E-state index in [0.29, 0.717) is 18.8 Å². The number of rotatable bonds is 6. The van der Waals surface area contributed by atoms with Gasteiger partial charge in [0, 0.05) is 6.54 Å². The summed E-state index contributed by atoms with van der Waals surface area (Å²) in [5, 5.41) is 5.83. The zero-order valence-electron chi connectivity index (χ0n) is 18.6. The number of urea groups is 1. The predicted octanol–water partition coefficient (Wildman–Crippen LogP) is 3.64. The number of nitrogens with one attached hydrogen (secondary N) is 2. The molecule has 0 bridgehead atoms. The van der Waals surface area contributed by atoms with Crippen molar-refractivity contribution in [2.45, 2.75) is 57.2 Å². The highest BCUT2D eigenvalue weighted by Gasteiger charge is 2.58. The Labute approximate surface area is 192 Å². The third kappa shape index (κ3) is 3.59. The van der Waals surface area contributed by atoms with Crippen LogP contribution in [0.2, 0.25) is 0 Å². The first kappa shape index (κ1) is 21.6. The molecule has 2 aromatic rings. The maximum Gasteiger partial charge on any atom is 0.326 e. The summed E-state index contributed by atoms with van der Waals surface area (Å²) in [6.07, 6.45) is 4.27. The van der Waals surface area contributed by atoms with Gasteiger partial charge >= 0.3 is 6.03 Å². The predicted molar refractivity (Wildman–Crippen MR) is 120 cm³/mol. The maximum absolute atomic E-state index is 13.8. The summed E-state index contributed by atoms with van der Waals surface area (Å²) in [6, 6.07) is 12.2. The molecular formula is C26H28FN3O3. The van der Waals surface area contributed by atoms with Gasteiger partial charge in [0.05, 0.1) is 0 Å². The summed E-state index contributed by atoms with van der Waals surface area (Å²) < 4.78 is 13.2. The molecule has 33 heavy (non-hydrogen) atoms. The zero-order chi connectivity index (χ0) is 23.2. The van der Waals surface area contributed by atoms with Gasteiger partial charge < -0.3 is 10.6 Å². The zero-order valence-corrected chi connectivity index (χ0v) is 18.6. The number of aryl methyl sites for hydroxylation is 1. The molecule has 1 aliphatic heterocycles. The van der Waals surface area contributed by atoms with Crippen LogP contribution >= 0.6 is 0 Å². The van der Waals surface area contributed by atoms with Gasteiger partial charge in [-0.05, 0) is 53.5 Å². The minimum atomic E-state index is -1.09. The lowest BCUT2D eigenvalue weighted by molar-refractivity contribution is -0.141. The van der Waals surface area contributed by atoms with E-state index in [1.54, 1.807) is 12.1 Å². The molecule has 0 aromatic heterocycles. The number of carbonyl (C=O) groups is 3. The molecule has 172 valence electrons. The molecule has 2 aromatic carbocycles. The van der Waals surface area contributed by atoms with Crippen molar-refractivity contribution in [3.63, 3.8) is 0 Å². The molecule has 1 heterocycles. The van der Waals surface area contributed by atoms with Crippen molar-refractivity contribution in [3.8, 4) is 0 Å². The fraction of sp³-hybridized carbons (Fsp3) is 0.423. The van der Waals surface area contributed by atoms with Crippen molar-refractivity contribution < 1.29 is 18.8 Å². The van der Waals surface area contributed by atoms with Crippen LogP contribution in [0.25, 0.3) is 0 Å². The van der Waals surface area contributed by atoms with Crippen LogP contribution in [0, 0.1) is 17.7 Å². The first-order valence-electron chi connectivity index (χ1n) is 11.7. The van der Waals surface area contributed by atoms with Crippen LogP contribution < -0.4 is 10.6 Å². The van der Waals surface area contributed by atoms with Gasteiger partial charge in [-0.2, -0.15) is 0 Å². The highest BCUT2D eigenvalue weighted by molar-refractivity contribution is 6.10. The van der Waals surface area contributed by atoms with Gasteiger partial charge in [-0.3, -0.25) is 9.59 Å². The minimum absolute atomic E-state index is 0.159. The molecule has 1 saturated carbocycles. The number of hydrogen-bond donors (Lipinski definition) is 2. The Hall–Kier alpha value is -3.22. The average molecular weight is 450 g/mol. The normalized spacial score (nSPS) is 23.8. The summed E-state index contributed by atoms with van der Waals surface area (Å²) in [5.41, 5.74) is 1.53.